The summed E-state index contributed by atoms with van der Waals surface area (Å²) in [5.41, 5.74) is -0.733. The molecule has 2 N–H and O–H groups in total. The van der Waals surface area contributed by atoms with Crippen LogP contribution in [-0.4, -0.2) is 72.3 Å². The molecule has 8 heteroatoms. The lowest BCUT2D eigenvalue weighted by atomic mass is 9.95. The summed E-state index contributed by atoms with van der Waals surface area (Å²) in [7, 11) is -2.05. The molecule has 4 atom stereocenters. The van der Waals surface area contributed by atoms with E-state index in [-0.39, 0.29) is 16.7 Å². The van der Waals surface area contributed by atoms with Crippen LogP contribution < -0.4 is 0 Å². The largest absolute Gasteiger partial charge is 0.444 e. The number of ketones is 1. The number of nitrogens with zero attached hydrogens (tertiary/aromatic N) is 1. The van der Waals surface area contributed by atoms with Crippen molar-refractivity contribution in [2.24, 2.45) is 5.92 Å². The van der Waals surface area contributed by atoms with Gasteiger partial charge in [0.25, 0.3) is 0 Å². The number of ether oxygens (including phenoxy) is 1. The molecule has 0 bridgehead atoms. The Morgan fingerprint density at radius 2 is 1.71 bits per heavy atom. The van der Waals surface area contributed by atoms with E-state index in [2.05, 4.69) is 33.9 Å². The van der Waals surface area contributed by atoms with Crippen LogP contribution in [0.2, 0.25) is 18.1 Å². The van der Waals surface area contributed by atoms with E-state index < -0.39 is 44.8 Å². The van der Waals surface area contributed by atoms with Gasteiger partial charge in [0, 0.05) is 12.5 Å². The van der Waals surface area contributed by atoms with E-state index in [4.69, 9.17) is 9.16 Å². The molecule has 7 nitrogen and oxygen atoms in total. The molecule has 0 spiro atoms. The second-order valence-corrected chi connectivity index (χ2v) is 15.1. The second-order valence-electron chi connectivity index (χ2n) is 10.3. The maximum atomic E-state index is 12.8. The summed E-state index contributed by atoms with van der Waals surface area (Å²) in [6, 6.07) is -1.44. The second kappa shape index (κ2) is 8.81. The molecule has 1 saturated heterocycles. The fourth-order valence-corrected chi connectivity index (χ4v) is 4.27. The van der Waals surface area contributed by atoms with Gasteiger partial charge in [-0.3, -0.25) is 9.69 Å². The number of rotatable bonds is 6. The highest BCUT2D eigenvalue weighted by Crippen LogP contribution is 2.39. The monoisotopic (exact) mass is 417 g/mol. The molecule has 0 aromatic carbocycles. The summed E-state index contributed by atoms with van der Waals surface area (Å²) in [4.78, 5) is 26.4. The average Bonchev–Trinajstić information content (AvgIpc) is 2.89. The van der Waals surface area contributed by atoms with Crippen LogP contribution in [0.4, 0.5) is 4.79 Å². The molecule has 0 saturated carbocycles. The Morgan fingerprint density at radius 3 is 2.11 bits per heavy atom. The highest BCUT2D eigenvalue weighted by atomic mass is 28.4. The van der Waals surface area contributed by atoms with Gasteiger partial charge in [0.1, 0.15) is 5.60 Å². The van der Waals surface area contributed by atoms with Gasteiger partial charge in [-0.2, -0.15) is 0 Å². The third kappa shape index (κ3) is 6.02. The molecule has 1 aliphatic heterocycles. The highest BCUT2D eigenvalue weighted by Gasteiger charge is 2.51. The summed E-state index contributed by atoms with van der Waals surface area (Å²) in [6.07, 6.45) is -1.45. The first-order valence-corrected chi connectivity index (χ1v) is 12.9. The highest BCUT2D eigenvalue weighted by molar-refractivity contribution is 6.74. The molecule has 0 aromatic rings. The van der Waals surface area contributed by atoms with Gasteiger partial charge in [-0.15, -0.1) is 0 Å². The Balaban J connectivity index is 3.16. The normalized spacial score (nSPS) is 25.0. The predicted molar refractivity (Wildman–Crippen MR) is 111 cm³/mol. The lowest BCUT2D eigenvalue weighted by Crippen LogP contribution is -2.53. The van der Waals surface area contributed by atoms with E-state index in [0.29, 0.717) is 13.0 Å². The van der Waals surface area contributed by atoms with Crippen molar-refractivity contribution in [3.05, 3.63) is 0 Å². The molecule has 164 valence electrons. The SMILES string of the molecule is CC(=O)[C@H]1C[C@@H](CO[Si](C)(C)C(C)(C)C)[C@@H](C(O)CO)N1C(=O)OC(C)(C)C. The van der Waals surface area contributed by atoms with Crippen LogP contribution in [0.15, 0.2) is 0 Å². The lowest BCUT2D eigenvalue weighted by molar-refractivity contribution is -0.122. The summed E-state index contributed by atoms with van der Waals surface area (Å²) in [6.45, 7) is 17.2. The molecule has 0 aliphatic carbocycles. The molecule has 1 rings (SSSR count). The van der Waals surface area contributed by atoms with Crippen molar-refractivity contribution in [1.29, 1.82) is 0 Å². The lowest BCUT2D eigenvalue weighted by Gasteiger charge is -2.38. The van der Waals surface area contributed by atoms with Crippen molar-refractivity contribution >= 4 is 20.2 Å². The van der Waals surface area contributed by atoms with Gasteiger partial charge in [-0.25, -0.2) is 4.79 Å². The van der Waals surface area contributed by atoms with Gasteiger partial charge in [0.2, 0.25) is 0 Å². The van der Waals surface area contributed by atoms with Gasteiger partial charge in [0.15, 0.2) is 14.1 Å². The minimum absolute atomic E-state index is 0.0154. The number of aliphatic hydroxyl groups excluding tert-OH is 2. The zero-order valence-electron chi connectivity index (χ0n) is 18.9. The van der Waals surface area contributed by atoms with Crippen molar-refractivity contribution in [3.63, 3.8) is 0 Å². The number of carbonyl (C=O) groups is 2. The molecule has 1 heterocycles. The van der Waals surface area contributed by atoms with Gasteiger partial charge in [-0.1, -0.05) is 20.8 Å². The standard InChI is InChI=1S/C20H39NO6Si/c1-13(23)15-10-14(12-26-28(8,9)20(5,6)7)17(16(24)11-22)21(15)18(25)27-19(2,3)4/h14-17,22,24H,10-12H2,1-9H3/t14-,15+,16?,17-/m0/s1. The Bertz CT molecular complexity index is 566. The first-order chi connectivity index (χ1) is 12.5. The first-order valence-electron chi connectivity index (χ1n) is 9.96. The van der Waals surface area contributed by atoms with Crippen LogP contribution in [0.1, 0.15) is 54.9 Å². The maximum absolute atomic E-state index is 12.8. The molecule has 1 aliphatic rings. The molecule has 1 fully saturated rings. The Hall–Kier alpha value is -0.963. The summed E-state index contributed by atoms with van der Waals surface area (Å²) >= 11 is 0. The zero-order valence-corrected chi connectivity index (χ0v) is 19.9. The number of Topliss-reactive ketones (excluding diaryl/α,β-unsaturated/α-hetero) is 1. The van der Waals surface area contributed by atoms with Crippen LogP contribution in [-0.2, 0) is 14.0 Å². The van der Waals surface area contributed by atoms with Crippen LogP contribution in [0.25, 0.3) is 0 Å². The van der Waals surface area contributed by atoms with Crippen molar-refractivity contribution in [1.82, 2.24) is 4.90 Å². The predicted octanol–water partition coefficient (Wildman–Crippen LogP) is 2.94. The molecular weight excluding hydrogens is 378 g/mol. The van der Waals surface area contributed by atoms with Crippen LogP contribution >= 0.6 is 0 Å². The third-order valence-corrected chi connectivity index (χ3v) is 10.3. The van der Waals surface area contributed by atoms with E-state index in [1.54, 1.807) is 20.8 Å². The van der Waals surface area contributed by atoms with Crippen molar-refractivity contribution < 1.29 is 29.0 Å². The molecule has 28 heavy (non-hydrogen) atoms. The number of aliphatic hydroxyl groups is 2. The molecule has 0 radical (unpaired) electrons. The smallest absolute Gasteiger partial charge is 0.411 e. The van der Waals surface area contributed by atoms with E-state index in [0.717, 1.165) is 0 Å². The van der Waals surface area contributed by atoms with Crippen molar-refractivity contribution in [3.8, 4) is 0 Å². The first kappa shape index (κ1) is 25.1. The van der Waals surface area contributed by atoms with Gasteiger partial charge >= 0.3 is 6.09 Å². The van der Waals surface area contributed by atoms with Gasteiger partial charge < -0.3 is 19.4 Å². The summed E-state index contributed by atoms with van der Waals surface area (Å²) < 4.78 is 11.8. The maximum Gasteiger partial charge on any atom is 0.411 e. The topological polar surface area (TPSA) is 96.3 Å². The molecule has 1 amide bonds. The number of hydrogen-bond donors (Lipinski definition) is 2. The van der Waals surface area contributed by atoms with Gasteiger partial charge in [-0.05, 0) is 52.2 Å². The molecular formula is C20H39NO6Si. The number of likely N-dealkylation sites (tertiary alicyclic amines) is 1. The van der Waals surface area contributed by atoms with Gasteiger partial charge in [0.05, 0.1) is 24.8 Å². The minimum atomic E-state index is -2.05. The summed E-state index contributed by atoms with van der Waals surface area (Å²) in [5, 5.41) is 20.1. The Labute approximate surface area is 170 Å². The fourth-order valence-electron chi connectivity index (χ4n) is 3.21. The van der Waals surface area contributed by atoms with E-state index >= 15 is 0 Å². The van der Waals surface area contributed by atoms with Crippen LogP contribution in [0.3, 0.4) is 0 Å². The summed E-state index contributed by atoms with van der Waals surface area (Å²) in [5.74, 6) is -0.437. The average molecular weight is 418 g/mol. The number of hydrogen-bond acceptors (Lipinski definition) is 6. The van der Waals surface area contributed by atoms with Crippen LogP contribution in [0.5, 0.6) is 0 Å². The van der Waals surface area contributed by atoms with E-state index in [9.17, 15) is 19.8 Å². The molecule has 1 unspecified atom stereocenters. The van der Waals surface area contributed by atoms with Crippen molar-refractivity contribution in [2.75, 3.05) is 13.2 Å². The third-order valence-electron chi connectivity index (χ3n) is 5.79. The number of amides is 1. The Morgan fingerprint density at radius 1 is 1.18 bits per heavy atom. The minimum Gasteiger partial charge on any atom is -0.444 e. The fraction of sp³-hybridized carbons (Fsp3) is 0.900. The van der Waals surface area contributed by atoms with Crippen LogP contribution in [0, 0.1) is 5.92 Å². The Kier molecular flexibility index (Phi) is 7.89. The van der Waals surface area contributed by atoms with E-state index in [1.165, 1.54) is 11.8 Å². The quantitative estimate of drug-likeness (QED) is 0.645. The zero-order chi connectivity index (χ0) is 22.1. The molecule has 0 aromatic heterocycles. The number of carbonyl (C=O) groups excluding carboxylic acids is 2. The van der Waals surface area contributed by atoms with Crippen molar-refractivity contribution in [2.45, 2.75) is 96.8 Å². The van der Waals surface area contributed by atoms with E-state index in [1.807, 2.05) is 0 Å².